The molecule has 0 radical (unpaired) electrons. The minimum Gasteiger partial charge on any atom is -0.462 e. The fraction of sp³-hybridized carbons (Fsp3) is 0.444. The van der Waals surface area contributed by atoms with Gasteiger partial charge in [0.25, 0.3) is 0 Å². The van der Waals surface area contributed by atoms with E-state index in [1.165, 1.54) is 6.08 Å². The van der Waals surface area contributed by atoms with Crippen LogP contribution >= 0.6 is 0 Å². The summed E-state index contributed by atoms with van der Waals surface area (Å²) < 4.78 is 16.7. The minimum atomic E-state index is -0.996. The van der Waals surface area contributed by atoms with E-state index in [1.54, 1.807) is 31.7 Å². The number of allylic oxidation sites excluding steroid dienone is 1. The summed E-state index contributed by atoms with van der Waals surface area (Å²) in [7, 11) is 0. The zero-order valence-corrected chi connectivity index (χ0v) is 26.5. The Hall–Kier alpha value is -4.40. The number of ether oxygens (including phenoxy) is 3. The minimum absolute atomic E-state index is 0.0299. The Morgan fingerprint density at radius 2 is 1.56 bits per heavy atom. The number of rotatable bonds is 13. The molecule has 1 aliphatic carbocycles. The van der Waals surface area contributed by atoms with E-state index in [2.05, 4.69) is 30.6 Å². The molecule has 3 atom stereocenters. The van der Waals surface area contributed by atoms with E-state index in [1.807, 2.05) is 36.4 Å². The number of hydrogen-bond acceptors (Lipinski definition) is 7. The number of amides is 2. The van der Waals surface area contributed by atoms with Gasteiger partial charge in [-0.1, -0.05) is 60.7 Å². The molecule has 1 N–H and O–H groups in total. The molecular weight excluding hydrogens is 572 g/mol. The number of carbonyl (C=O) groups is 4. The molecule has 9 heteroatoms. The molecule has 45 heavy (non-hydrogen) atoms. The Labute approximate surface area is 265 Å². The van der Waals surface area contributed by atoms with Crippen LogP contribution in [0.3, 0.4) is 0 Å². The van der Waals surface area contributed by atoms with Gasteiger partial charge in [0.05, 0.1) is 18.4 Å². The normalized spacial score (nSPS) is 17.0. The second-order valence-electron chi connectivity index (χ2n) is 12.5. The van der Waals surface area contributed by atoms with E-state index in [0.717, 1.165) is 28.7 Å². The summed E-state index contributed by atoms with van der Waals surface area (Å²) in [6.45, 7) is 13.4. The summed E-state index contributed by atoms with van der Waals surface area (Å²) >= 11 is 0. The van der Waals surface area contributed by atoms with Crippen molar-refractivity contribution in [3.8, 4) is 11.1 Å². The summed E-state index contributed by atoms with van der Waals surface area (Å²) in [5.74, 6) is -2.01. The molecular formula is C36H44N2O7. The number of alkyl carbamates (subject to hydrolysis) is 1. The summed E-state index contributed by atoms with van der Waals surface area (Å²) in [5.41, 5.74) is 3.76. The first-order valence-electron chi connectivity index (χ1n) is 15.5. The highest BCUT2D eigenvalue weighted by atomic mass is 16.6. The van der Waals surface area contributed by atoms with Crippen LogP contribution in [0.1, 0.15) is 69.9 Å². The van der Waals surface area contributed by atoms with E-state index >= 15 is 0 Å². The molecule has 0 bridgehead atoms. The Morgan fingerprint density at radius 3 is 2.16 bits per heavy atom. The summed E-state index contributed by atoms with van der Waals surface area (Å²) in [4.78, 5) is 53.5. The molecule has 2 amide bonds. The second kappa shape index (κ2) is 15.1. The Kier molecular flexibility index (Phi) is 11.2. The monoisotopic (exact) mass is 616 g/mol. The van der Waals surface area contributed by atoms with Crippen LogP contribution in [0.2, 0.25) is 0 Å². The van der Waals surface area contributed by atoms with Gasteiger partial charge in [-0.2, -0.15) is 0 Å². The maximum Gasteiger partial charge on any atom is 0.407 e. The smallest absolute Gasteiger partial charge is 0.407 e. The van der Waals surface area contributed by atoms with Gasteiger partial charge < -0.3 is 24.4 Å². The second-order valence-corrected chi connectivity index (χ2v) is 12.5. The van der Waals surface area contributed by atoms with Gasteiger partial charge in [-0.3, -0.25) is 9.59 Å². The number of fused-ring (bicyclic) bond motifs is 3. The van der Waals surface area contributed by atoms with E-state index < -0.39 is 35.6 Å². The first kappa shape index (κ1) is 33.5. The van der Waals surface area contributed by atoms with Crippen molar-refractivity contribution in [1.82, 2.24) is 10.2 Å². The van der Waals surface area contributed by atoms with Gasteiger partial charge in [-0.25, -0.2) is 9.59 Å². The van der Waals surface area contributed by atoms with E-state index in [9.17, 15) is 19.2 Å². The predicted molar refractivity (Wildman–Crippen MR) is 171 cm³/mol. The van der Waals surface area contributed by atoms with E-state index in [4.69, 9.17) is 14.2 Å². The number of likely N-dealkylation sites (tertiary alicyclic amines) is 1. The molecule has 2 aromatic rings. The lowest BCUT2D eigenvalue weighted by molar-refractivity contribution is -0.158. The van der Waals surface area contributed by atoms with Crippen molar-refractivity contribution < 1.29 is 33.4 Å². The average molecular weight is 617 g/mol. The first-order chi connectivity index (χ1) is 21.5. The molecule has 0 spiro atoms. The van der Waals surface area contributed by atoms with Crippen LogP contribution in [-0.2, 0) is 28.6 Å². The third-order valence-electron chi connectivity index (χ3n) is 8.03. The van der Waals surface area contributed by atoms with Gasteiger partial charge in [0, 0.05) is 12.5 Å². The van der Waals surface area contributed by atoms with Crippen LogP contribution < -0.4 is 5.32 Å². The van der Waals surface area contributed by atoms with Gasteiger partial charge in [-0.05, 0) is 68.7 Å². The highest BCUT2D eigenvalue weighted by molar-refractivity contribution is 5.85. The van der Waals surface area contributed by atoms with Gasteiger partial charge in [0.15, 0.2) is 0 Å². The molecule has 3 unspecified atom stereocenters. The summed E-state index contributed by atoms with van der Waals surface area (Å²) in [6.07, 6.45) is 4.22. The zero-order valence-electron chi connectivity index (χ0n) is 26.5. The van der Waals surface area contributed by atoms with Crippen molar-refractivity contribution in [1.29, 1.82) is 0 Å². The zero-order chi connectivity index (χ0) is 32.6. The highest BCUT2D eigenvalue weighted by Gasteiger charge is 2.36. The van der Waals surface area contributed by atoms with Gasteiger partial charge in [-0.15, -0.1) is 13.2 Å². The molecule has 1 heterocycles. The molecule has 2 aromatic carbocycles. The third kappa shape index (κ3) is 8.62. The molecule has 1 aliphatic heterocycles. The third-order valence-corrected chi connectivity index (χ3v) is 8.03. The average Bonchev–Trinajstić information content (AvgIpc) is 3.60. The summed E-state index contributed by atoms with van der Waals surface area (Å²) in [6, 6.07) is 14.8. The fourth-order valence-corrected chi connectivity index (χ4v) is 6.03. The van der Waals surface area contributed by atoms with E-state index in [0.29, 0.717) is 19.4 Å². The van der Waals surface area contributed by atoms with Crippen LogP contribution in [0.15, 0.2) is 73.8 Å². The summed E-state index contributed by atoms with van der Waals surface area (Å²) in [5, 5.41) is 2.62. The fourth-order valence-electron chi connectivity index (χ4n) is 6.03. The topological polar surface area (TPSA) is 111 Å². The van der Waals surface area contributed by atoms with Crippen molar-refractivity contribution in [2.45, 2.75) is 76.5 Å². The van der Waals surface area contributed by atoms with Crippen molar-refractivity contribution in [3.05, 3.63) is 85.0 Å². The number of hydrogen-bond donors (Lipinski definition) is 1. The van der Waals surface area contributed by atoms with E-state index in [-0.39, 0.29) is 43.9 Å². The lowest BCUT2D eigenvalue weighted by atomic mass is 9.98. The quantitative estimate of drug-likeness (QED) is 0.169. The van der Waals surface area contributed by atoms with Crippen molar-refractivity contribution in [3.63, 3.8) is 0 Å². The largest absolute Gasteiger partial charge is 0.462 e. The van der Waals surface area contributed by atoms with Gasteiger partial charge in [0.1, 0.15) is 24.9 Å². The standard InChI is InChI=1S/C36H44N2O7/c1-6-13-24(21-32(39)45-36(3,4)5)33(40)38-20-12-15-25(38)22-43-34(41)31(14-7-2)37-35(42)44-23-30-28-18-10-8-16-26(28)27-17-9-11-19-29(27)30/h6-11,16-19,24-25,30-31H,1-2,12-15,20-23H2,3-5H3,(H,37,42). The Morgan fingerprint density at radius 1 is 0.933 bits per heavy atom. The maximum atomic E-state index is 13.5. The maximum absolute atomic E-state index is 13.5. The van der Waals surface area contributed by atoms with Gasteiger partial charge in [0.2, 0.25) is 5.91 Å². The SMILES string of the molecule is C=CCC(CC(=O)OC(C)(C)C)C(=O)N1CCCC1COC(=O)C(CC=C)NC(=O)OCC1c2ccccc2-c2ccccc21. The molecule has 1 saturated heterocycles. The number of esters is 2. The molecule has 9 nitrogen and oxygen atoms in total. The highest BCUT2D eigenvalue weighted by Crippen LogP contribution is 2.44. The molecule has 240 valence electrons. The van der Waals surface area contributed by atoms with Crippen molar-refractivity contribution in [2.75, 3.05) is 19.8 Å². The lowest BCUT2D eigenvalue weighted by Crippen LogP contribution is -2.45. The molecule has 1 fully saturated rings. The molecule has 2 aliphatic rings. The van der Waals surface area contributed by atoms with Crippen LogP contribution in [0.4, 0.5) is 4.79 Å². The lowest BCUT2D eigenvalue weighted by Gasteiger charge is -2.29. The van der Waals surface area contributed by atoms with Crippen molar-refractivity contribution >= 4 is 23.9 Å². The number of benzene rings is 2. The number of carbonyl (C=O) groups excluding carboxylic acids is 4. The van der Waals surface area contributed by atoms with Crippen LogP contribution in [0.25, 0.3) is 11.1 Å². The molecule has 4 rings (SSSR count). The number of nitrogens with one attached hydrogen (secondary N) is 1. The Bertz CT molecular complexity index is 1370. The molecule has 0 aromatic heterocycles. The Balaban J connectivity index is 1.32. The first-order valence-corrected chi connectivity index (χ1v) is 15.5. The predicted octanol–water partition coefficient (Wildman–Crippen LogP) is 5.93. The van der Waals surface area contributed by atoms with Crippen LogP contribution in [-0.4, -0.2) is 66.3 Å². The molecule has 0 saturated carbocycles. The van der Waals surface area contributed by atoms with Crippen LogP contribution in [0, 0.1) is 5.92 Å². The van der Waals surface area contributed by atoms with Gasteiger partial charge >= 0.3 is 18.0 Å². The van der Waals surface area contributed by atoms with Crippen LogP contribution in [0.5, 0.6) is 0 Å². The van der Waals surface area contributed by atoms with Crippen molar-refractivity contribution in [2.24, 2.45) is 5.92 Å². The number of nitrogens with zero attached hydrogens (tertiary/aromatic N) is 1.